The van der Waals surface area contributed by atoms with Crippen LogP contribution in [0.5, 0.6) is 11.5 Å². The molecule has 25 heavy (non-hydrogen) atoms. The van der Waals surface area contributed by atoms with Crippen LogP contribution in [0, 0.1) is 0 Å². The minimum atomic E-state index is -0.0176. The molecule has 2 aromatic carbocycles. The fraction of sp³-hybridized carbons (Fsp3) is 0.350. The number of para-hydroxylation sites is 1. The van der Waals surface area contributed by atoms with E-state index in [0.717, 1.165) is 36.7 Å². The fourth-order valence-electron chi connectivity index (χ4n) is 2.42. The van der Waals surface area contributed by atoms with Gasteiger partial charge in [0, 0.05) is 12.2 Å². The summed E-state index contributed by atoms with van der Waals surface area (Å²) < 4.78 is 10.8. The van der Waals surface area contributed by atoms with Gasteiger partial charge in [-0.05, 0) is 49.4 Å². The molecule has 0 radical (unpaired) electrons. The summed E-state index contributed by atoms with van der Waals surface area (Å²) in [5, 5.41) is 2.91. The Morgan fingerprint density at radius 3 is 2.40 bits per heavy atom. The van der Waals surface area contributed by atoms with E-state index < -0.39 is 0 Å². The molecule has 0 saturated carbocycles. The third-order valence-corrected chi connectivity index (χ3v) is 3.82. The molecule has 0 atom stereocenters. The Bertz CT molecular complexity index is 629. The zero-order chi connectivity index (χ0) is 17.9. The van der Waals surface area contributed by atoms with Crippen molar-refractivity contribution in [3.8, 4) is 11.5 Å². The van der Waals surface area contributed by atoms with Gasteiger partial charge in [-0.3, -0.25) is 9.69 Å². The third kappa shape index (κ3) is 6.85. The molecular formula is C20H26N2O3. The molecule has 5 heteroatoms. The summed E-state index contributed by atoms with van der Waals surface area (Å²) in [7, 11) is 1.62. The van der Waals surface area contributed by atoms with Gasteiger partial charge in [-0.2, -0.15) is 0 Å². The molecule has 0 saturated heterocycles. The van der Waals surface area contributed by atoms with Gasteiger partial charge in [0.25, 0.3) is 0 Å². The second-order valence-electron chi connectivity index (χ2n) is 5.66. The second-order valence-corrected chi connectivity index (χ2v) is 5.66. The van der Waals surface area contributed by atoms with Crippen LogP contribution in [0.1, 0.15) is 13.3 Å². The average molecular weight is 342 g/mol. The van der Waals surface area contributed by atoms with Crippen molar-refractivity contribution in [3.05, 3.63) is 54.6 Å². The first-order valence-electron chi connectivity index (χ1n) is 8.55. The van der Waals surface area contributed by atoms with Crippen LogP contribution in [0.3, 0.4) is 0 Å². The molecule has 0 bridgehead atoms. The molecule has 0 fully saturated rings. The van der Waals surface area contributed by atoms with E-state index in [1.54, 1.807) is 7.11 Å². The molecule has 1 amide bonds. The van der Waals surface area contributed by atoms with Crippen LogP contribution >= 0.6 is 0 Å². The van der Waals surface area contributed by atoms with E-state index in [4.69, 9.17) is 9.47 Å². The summed E-state index contributed by atoms with van der Waals surface area (Å²) in [5.41, 5.74) is 0.772. The number of carbonyl (C=O) groups excluding carboxylic acids is 1. The number of nitrogens with zero attached hydrogens (tertiary/aromatic N) is 1. The van der Waals surface area contributed by atoms with Crippen LogP contribution in [0.15, 0.2) is 54.6 Å². The predicted molar refractivity (Wildman–Crippen MR) is 100 cm³/mol. The molecule has 0 aliphatic rings. The van der Waals surface area contributed by atoms with Crippen molar-refractivity contribution in [1.82, 2.24) is 4.90 Å². The molecular weight excluding hydrogens is 316 g/mol. The quantitative estimate of drug-likeness (QED) is 0.672. The lowest BCUT2D eigenvalue weighted by molar-refractivity contribution is -0.117. The minimum absolute atomic E-state index is 0.0176. The summed E-state index contributed by atoms with van der Waals surface area (Å²) >= 11 is 0. The molecule has 5 nitrogen and oxygen atoms in total. The highest BCUT2D eigenvalue weighted by molar-refractivity contribution is 5.92. The van der Waals surface area contributed by atoms with E-state index in [1.165, 1.54) is 0 Å². The van der Waals surface area contributed by atoms with Gasteiger partial charge < -0.3 is 14.8 Å². The Kier molecular flexibility index (Phi) is 7.79. The summed E-state index contributed by atoms with van der Waals surface area (Å²) in [4.78, 5) is 14.3. The monoisotopic (exact) mass is 342 g/mol. The summed E-state index contributed by atoms with van der Waals surface area (Å²) in [5.74, 6) is 1.63. The first kappa shape index (κ1) is 18.8. The predicted octanol–water partition coefficient (Wildman–Crippen LogP) is 3.42. The maximum Gasteiger partial charge on any atom is 0.238 e. The molecule has 0 spiro atoms. The van der Waals surface area contributed by atoms with E-state index in [1.807, 2.05) is 54.6 Å². The molecule has 0 aromatic heterocycles. The highest BCUT2D eigenvalue weighted by Crippen LogP contribution is 2.15. The van der Waals surface area contributed by atoms with Crippen LogP contribution < -0.4 is 14.8 Å². The first-order valence-corrected chi connectivity index (χ1v) is 8.55. The van der Waals surface area contributed by atoms with Crippen molar-refractivity contribution in [2.45, 2.75) is 13.3 Å². The molecule has 2 aromatic rings. The first-order chi connectivity index (χ1) is 12.2. The van der Waals surface area contributed by atoms with Crippen LogP contribution in [0.2, 0.25) is 0 Å². The van der Waals surface area contributed by atoms with Crippen LogP contribution in [0.4, 0.5) is 5.69 Å². The standard InChI is InChI=1S/C20H26N2O3/c1-3-22(14-7-15-25-19-8-5-4-6-9-19)16-20(23)21-17-10-12-18(24-2)13-11-17/h4-6,8-13H,3,7,14-16H2,1-2H3,(H,21,23). The molecule has 0 unspecified atom stereocenters. The Balaban J connectivity index is 1.69. The number of methoxy groups -OCH3 is 1. The van der Waals surface area contributed by atoms with Crippen molar-refractivity contribution >= 4 is 11.6 Å². The van der Waals surface area contributed by atoms with E-state index in [0.29, 0.717) is 13.2 Å². The van der Waals surface area contributed by atoms with Crippen molar-refractivity contribution in [1.29, 1.82) is 0 Å². The largest absolute Gasteiger partial charge is 0.497 e. The summed E-state index contributed by atoms with van der Waals surface area (Å²) in [6, 6.07) is 17.1. The number of anilines is 1. The van der Waals surface area contributed by atoms with E-state index in [9.17, 15) is 4.79 Å². The fourth-order valence-corrected chi connectivity index (χ4v) is 2.42. The molecule has 0 heterocycles. The lowest BCUT2D eigenvalue weighted by Crippen LogP contribution is -2.34. The molecule has 0 aliphatic heterocycles. The van der Waals surface area contributed by atoms with Crippen molar-refractivity contribution in [3.63, 3.8) is 0 Å². The number of hydrogen-bond acceptors (Lipinski definition) is 4. The Morgan fingerprint density at radius 1 is 1.04 bits per heavy atom. The second kappa shape index (κ2) is 10.4. The van der Waals surface area contributed by atoms with Gasteiger partial charge in [0.05, 0.1) is 20.3 Å². The average Bonchev–Trinajstić information content (AvgIpc) is 2.65. The Labute approximate surface area is 149 Å². The Hall–Kier alpha value is -2.53. The van der Waals surface area contributed by atoms with Gasteiger partial charge in [-0.1, -0.05) is 25.1 Å². The highest BCUT2D eigenvalue weighted by Gasteiger charge is 2.09. The third-order valence-electron chi connectivity index (χ3n) is 3.82. The van der Waals surface area contributed by atoms with E-state index >= 15 is 0 Å². The van der Waals surface area contributed by atoms with Gasteiger partial charge in [-0.15, -0.1) is 0 Å². The lowest BCUT2D eigenvalue weighted by Gasteiger charge is -2.20. The zero-order valence-electron chi connectivity index (χ0n) is 14.9. The maximum atomic E-state index is 12.2. The van der Waals surface area contributed by atoms with Crippen LogP contribution in [-0.4, -0.2) is 44.2 Å². The maximum absolute atomic E-state index is 12.2. The molecule has 1 N–H and O–H groups in total. The zero-order valence-corrected chi connectivity index (χ0v) is 14.9. The number of nitrogens with one attached hydrogen (secondary N) is 1. The molecule has 0 aliphatic carbocycles. The number of ether oxygens (including phenoxy) is 2. The topological polar surface area (TPSA) is 50.8 Å². The van der Waals surface area contributed by atoms with Crippen LogP contribution in [-0.2, 0) is 4.79 Å². The summed E-state index contributed by atoms with van der Waals surface area (Å²) in [6.45, 7) is 4.70. The van der Waals surface area contributed by atoms with Gasteiger partial charge in [-0.25, -0.2) is 0 Å². The van der Waals surface area contributed by atoms with Crippen molar-refractivity contribution < 1.29 is 14.3 Å². The van der Waals surface area contributed by atoms with E-state index in [2.05, 4.69) is 17.1 Å². The van der Waals surface area contributed by atoms with E-state index in [-0.39, 0.29) is 5.91 Å². The Morgan fingerprint density at radius 2 is 1.76 bits per heavy atom. The number of amides is 1. The van der Waals surface area contributed by atoms with Crippen molar-refractivity contribution in [2.75, 3.05) is 38.7 Å². The SMILES string of the molecule is CCN(CCCOc1ccccc1)CC(=O)Nc1ccc(OC)cc1. The number of benzene rings is 2. The van der Waals surface area contributed by atoms with Gasteiger partial charge in [0.1, 0.15) is 11.5 Å². The van der Waals surface area contributed by atoms with Gasteiger partial charge in [0.15, 0.2) is 0 Å². The summed E-state index contributed by atoms with van der Waals surface area (Å²) in [6.07, 6.45) is 0.874. The number of hydrogen-bond donors (Lipinski definition) is 1. The normalized spacial score (nSPS) is 10.5. The minimum Gasteiger partial charge on any atom is -0.497 e. The van der Waals surface area contributed by atoms with Gasteiger partial charge in [0.2, 0.25) is 5.91 Å². The van der Waals surface area contributed by atoms with Crippen LogP contribution in [0.25, 0.3) is 0 Å². The van der Waals surface area contributed by atoms with Crippen molar-refractivity contribution in [2.24, 2.45) is 0 Å². The smallest absolute Gasteiger partial charge is 0.238 e. The number of likely N-dealkylation sites (N-methyl/N-ethyl adjacent to an activating group) is 1. The molecule has 134 valence electrons. The molecule has 2 rings (SSSR count). The van der Waals surface area contributed by atoms with Gasteiger partial charge >= 0.3 is 0 Å². The lowest BCUT2D eigenvalue weighted by atomic mass is 10.3. The highest BCUT2D eigenvalue weighted by atomic mass is 16.5. The number of rotatable bonds is 10. The number of carbonyl (C=O) groups is 1.